The molecule has 2 atom stereocenters. The SMILES string of the molecule is C[C@H](O)S[C@@H](CCCN(C=O)C(=O)c1ccccc1)C(N)=O. The molecule has 0 heterocycles. The zero-order valence-corrected chi connectivity index (χ0v) is 13.2. The number of hydrogen-bond donors (Lipinski definition) is 2. The molecule has 3 amide bonds. The molecule has 22 heavy (non-hydrogen) atoms. The van der Waals surface area contributed by atoms with E-state index in [0.717, 1.165) is 16.7 Å². The van der Waals surface area contributed by atoms with Gasteiger partial charge in [0.15, 0.2) is 0 Å². The van der Waals surface area contributed by atoms with Crippen LogP contribution in [0.15, 0.2) is 30.3 Å². The molecule has 0 aromatic heterocycles. The largest absolute Gasteiger partial charge is 0.383 e. The molecule has 3 N–H and O–H groups in total. The van der Waals surface area contributed by atoms with Gasteiger partial charge in [0.1, 0.15) is 0 Å². The first kappa shape index (κ1) is 18.2. The zero-order valence-electron chi connectivity index (χ0n) is 12.3. The molecule has 0 unspecified atom stereocenters. The van der Waals surface area contributed by atoms with Crippen LogP contribution in [0.3, 0.4) is 0 Å². The average molecular weight is 324 g/mol. The molecular weight excluding hydrogens is 304 g/mol. The van der Waals surface area contributed by atoms with Gasteiger partial charge in [-0.05, 0) is 31.9 Å². The molecule has 1 aromatic rings. The second kappa shape index (κ2) is 9.22. The number of primary amides is 1. The number of nitrogens with zero attached hydrogens (tertiary/aromatic N) is 1. The monoisotopic (exact) mass is 324 g/mol. The first-order chi connectivity index (χ1) is 10.5. The normalized spacial score (nSPS) is 13.2. The van der Waals surface area contributed by atoms with Crippen molar-refractivity contribution in [2.75, 3.05) is 6.54 Å². The highest BCUT2D eigenvalue weighted by Crippen LogP contribution is 2.20. The van der Waals surface area contributed by atoms with Crippen molar-refractivity contribution in [2.45, 2.75) is 30.5 Å². The summed E-state index contributed by atoms with van der Waals surface area (Å²) >= 11 is 1.06. The Morgan fingerprint density at radius 1 is 1.36 bits per heavy atom. The van der Waals surface area contributed by atoms with Crippen molar-refractivity contribution in [3.63, 3.8) is 0 Å². The number of nitrogens with two attached hydrogens (primary N) is 1. The predicted octanol–water partition coefficient (Wildman–Crippen LogP) is 0.991. The van der Waals surface area contributed by atoms with Gasteiger partial charge < -0.3 is 10.8 Å². The molecule has 0 spiro atoms. The Bertz CT molecular complexity index is 508. The minimum absolute atomic E-state index is 0.196. The maximum Gasteiger partial charge on any atom is 0.260 e. The summed E-state index contributed by atoms with van der Waals surface area (Å²) in [7, 11) is 0. The van der Waals surface area contributed by atoms with Gasteiger partial charge >= 0.3 is 0 Å². The number of benzene rings is 1. The van der Waals surface area contributed by atoms with Crippen molar-refractivity contribution in [3.8, 4) is 0 Å². The van der Waals surface area contributed by atoms with Crippen molar-refractivity contribution in [2.24, 2.45) is 5.73 Å². The summed E-state index contributed by atoms with van der Waals surface area (Å²) in [6.07, 6.45) is 1.30. The van der Waals surface area contributed by atoms with E-state index in [-0.39, 0.29) is 12.5 Å². The van der Waals surface area contributed by atoms with Crippen LogP contribution in [0.4, 0.5) is 0 Å². The molecule has 1 rings (SSSR count). The van der Waals surface area contributed by atoms with E-state index >= 15 is 0 Å². The minimum Gasteiger partial charge on any atom is -0.383 e. The van der Waals surface area contributed by atoms with Gasteiger partial charge in [-0.3, -0.25) is 19.3 Å². The van der Waals surface area contributed by atoms with Crippen LogP contribution in [-0.4, -0.2) is 45.5 Å². The highest BCUT2D eigenvalue weighted by Gasteiger charge is 2.20. The molecule has 0 saturated carbocycles. The Morgan fingerprint density at radius 3 is 2.50 bits per heavy atom. The van der Waals surface area contributed by atoms with Crippen molar-refractivity contribution in [3.05, 3.63) is 35.9 Å². The number of aliphatic hydroxyl groups is 1. The van der Waals surface area contributed by atoms with Gasteiger partial charge in [-0.2, -0.15) is 0 Å². The Labute approximate surface area is 133 Å². The fourth-order valence-corrected chi connectivity index (χ4v) is 2.82. The van der Waals surface area contributed by atoms with Gasteiger partial charge in [0.2, 0.25) is 12.3 Å². The lowest BCUT2D eigenvalue weighted by Gasteiger charge is -2.18. The summed E-state index contributed by atoms with van der Waals surface area (Å²) in [5, 5.41) is 8.76. The number of amides is 3. The van der Waals surface area contributed by atoms with Gasteiger partial charge in [0, 0.05) is 12.1 Å². The van der Waals surface area contributed by atoms with Crippen LogP contribution in [-0.2, 0) is 9.59 Å². The van der Waals surface area contributed by atoms with Crippen LogP contribution in [0.1, 0.15) is 30.1 Å². The smallest absolute Gasteiger partial charge is 0.260 e. The highest BCUT2D eigenvalue weighted by molar-refractivity contribution is 8.01. The van der Waals surface area contributed by atoms with E-state index < -0.39 is 16.6 Å². The summed E-state index contributed by atoms with van der Waals surface area (Å²) in [6, 6.07) is 8.49. The second-order valence-electron chi connectivity index (χ2n) is 4.74. The van der Waals surface area contributed by atoms with E-state index in [0.29, 0.717) is 24.8 Å². The first-order valence-electron chi connectivity index (χ1n) is 6.90. The summed E-state index contributed by atoms with van der Waals surface area (Å²) < 4.78 is 0. The van der Waals surface area contributed by atoms with E-state index in [4.69, 9.17) is 5.73 Å². The predicted molar refractivity (Wildman–Crippen MR) is 85.0 cm³/mol. The fraction of sp³-hybridized carbons (Fsp3) is 0.400. The van der Waals surface area contributed by atoms with Crippen molar-refractivity contribution in [1.82, 2.24) is 4.90 Å². The number of carbonyl (C=O) groups is 3. The number of thioether (sulfide) groups is 1. The number of hydrogen-bond acceptors (Lipinski definition) is 5. The lowest BCUT2D eigenvalue weighted by Crippen LogP contribution is -2.32. The van der Waals surface area contributed by atoms with Gasteiger partial charge in [0.05, 0.1) is 10.7 Å². The van der Waals surface area contributed by atoms with Crippen LogP contribution in [0, 0.1) is 0 Å². The molecule has 6 nitrogen and oxygen atoms in total. The van der Waals surface area contributed by atoms with Crippen LogP contribution in [0.25, 0.3) is 0 Å². The third-order valence-electron chi connectivity index (χ3n) is 2.95. The van der Waals surface area contributed by atoms with E-state index in [2.05, 4.69) is 0 Å². The van der Waals surface area contributed by atoms with Gasteiger partial charge in [-0.1, -0.05) is 18.2 Å². The molecule has 0 aliphatic carbocycles. The third kappa shape index (κ3) is 5.87. The van der Waals surface area contributed by atoms with Crippen LogP contribution >= 0.6 is 11.8 Å². The third-order valence-corrected chi connectivity index (χ3v) is 4.14. The maximum absolute atomic E-state index is 12.1. The van der Waals surface area contributed by atoms with Crippen molar-refractivity contribution < 1.29 is 19.5 Å². The van der Waals surface area contributed by atoms with Gasteiger partial charge in [-0.25, -0.2) is 0 Å². The standard InChI is InChI=1S/C15H20N2O4S/c1-11(19)22-13(14(16)20)8-5-9-17(10-18)15(21)12-6-3-2-4-7-12/h2-4,6-7,10-11,13,19H,5,8-9H2,1H3,(H2,16,20)/t11-,13+/m1/s1. The van der Waals surface area contributed by atoms with E-state index in [1.165, 1.54) is 0 Å². The zero-order chi connectivity index (χ0) is 16.5. The highest BCUT2D eigenvalue weighted by atomic mass is 32.2. The molecule has 0 aliphatic heterocycles. The number of rotatable bonds is 9. The van der Waals surface area contributed by atoms with Gasteiger partial charge in [-0.15, -0.1) is 11.8 Å². The van der Waals surface area contributed by atoms with E-state index in [1.807, 2.05) is 0 Å². The second-order valence-corrected chi connectivity index (χ2v) is 6.26. The fourth-order valence-electron chi connectivity index (χ4n) is 1.91. The summed E-state index contributed by atoms with van der Waals surface area (Å²) in [5.41, 5.74) is 4.99. The lowest BCUT2D eigenvalue weighted by molar-refractivity contribution is -0.117. The van der Waals surface area contributed by atoms with E-state index in [1.54, 1.807) is 37.3 Å². The van der Waals surface area contributed by atoms with Crippen LogP contribution in [0.5, 0.6) is 0 Å². The maximum atomic E-state index is 12.1. The molecule has 0 aliphatic rings. The molecule has 0 saturated heterocycles. The summed E-state index contributed by atoms with van der Waals surface area (Å²) in [4.78, 5) is 35.5. The van der Waals surface area contributed by atoms with Crippen molar-refractivity contribution >= 4 is 30.0 Å². The summed E-state index contributed by atoms with van der Waals surface area (Å²) in [5.74, 6) is -0.896. The number of carbonyl (C=O) groups excluding carboxylic acids is 3. The minimum atomic E-state index is -0.703. The molecule has 0 bridgehead atoms. The first-order valence-corrected chi connectivity index (χ1v) is 7.84. The Balaban J connectivity index is 2.55. The molecule has 0 radical (unpaired) electrons. The average Bonchev–Trinajstić information content (AvgIpc) is 2.50. The Kier molecular flexibility index (Phi) is 7.62. The molecular formula is C15H20N2O4S. The van der Waals surface area contributed by atoms with Gasteiger partial charge in [0.25, 0.3) is 5.91 Å². The molecule has 120 valence electrons. The van der Waals surface area contributed by atoms with E-state index in [9.17, 15) is 19.5 Å². The van der Waals surface area contributed by atoms with Crippen LogP contribution < -0.4 is 5.73 Å². The molecule has 1 aromatic carbocycles. The lowest BCUT2D eigenvalue weighted by atomic mass is 10.2. The number of imide groups is 1. The van der Waals surface area contributed by atoms with Crippen LogP contribution in [0.2, 0.25) is 0 Å². The topological polar surface area (TPSA) is 101 Å². The van der Waals surface area contributed by atoms with Crippen molar-refractivity contribution in [1.29, 1.82) is 0 Å². The molecule has 7 heteroatoms. The Morgan fingerprint density at radius 2 is 2.00 bits per heavy atom. The quantitative estimate of drug-likeness (QED) is 0.521. The number of aliphatic hydroxyl groups excluding tert-OH is 1. The Hall–Kier alpha value is -1.86. The molecule has 0 fully saturated rings. The summed E-state index contributed by atoms with van der Waals surface area (Å²) in [6.45, 7) is 1.75.